The summed E-state index contributed by atoms with van der Waals surface area (Å²) in [5, 5.41) is 6.93. The summed E-state index contributed by atoms with van der Waals surface area (Å²) in [7, 11) is -3.75. The van der Waals surface area contributed by atoms with Crippen LogP contribution in [0.4, 0.5) is 0 Å². The number of amidine groups is 1. The van der Waals surface area contributed by atoms with Crippen molar-refractivity contribution in [2.45, 2.75) is 10.8 Å². The van der Waals surface area contributed by atoms with E-state index in [9.17, 15) is 13.2 Å². The Bertz CT molecular complexity index is 1240. The minimum absolute atomic E-state index is 0.182. The number of nitrogens with zero attached hydrogens (tertiary/aromatic N) is 2. The number of piperazine rings is 1. The highest BCUT2D eigenvalue weighted by Gasteiger charge is 2.33. The molecule has 0 radical (unpaired) electrons. The SMILES string of the molecule is NC(=[NH2+])c1ccc(CN2CCN(S(=O)(=O)c3cc4ccc(Cl)cc4s3)CC2=O)cc1. The van der Waals surface area contributed by atoms with Crippen LogP contribution in [0.15, 0.2) is 52.7 Å². The molecule has 1 aliphatic rings. The van der Waals surface area contributed by atoms with Crippen LogP contribution in [0.25, 0.3) is 10.1 Å². The average molecular weight is 464 g/mol. The van der Waals surface area contributed by atoms with E-state index in [1.165, 1.54) is 4.31 Å². The van der Waals surface area contributed by atoms with Crippen LogP contribution in [0, 0.1) is 0 Å². The molecule has 0 bridgehead atoms. The number of thiophene rings is 1. The second kappa shape index (κ2) is 7.99. The number of hydrogen-bond acceptors (Lipinski definition) is 4. The number of rotatable bonds is 5. The molecule has 0 unspecified atom stereocenters. The van der Waals surface area contributed by atoms with Crippen LogP contribution >= 0.6 is 22.9 Å². The molecule has 1 saturated heterocycles. The summed E-state index contributed by atoms with van der Waals surface area (Å²) in [5.41, 5.74) is 7.22. The predicted molar refractivity (Wildman–Crippen MR) is 118 cm³/mol. The Morgan fingerprint density at radius 1 is 1.13 bits per heavy atom. The molecule has 2 aromatic carbocycles. The molecular weight excluding hydrogens is 444 g/mol. The Morgan fingerprint density at radius 2 is 1.87 bits per heavy atom. The summed E-state index contributed by atoms with van der Waals surface area (Å²) in [6.07, 6.45) is 0. The molecule has 1 amide bonds. The molecule has 3 aromatic rings. The van der Waals surface area contributed by atoms with Crippen molar-refractivity contribution >= 4 is 54.8 Å². The van der Waals surface area contributed by atoms with E-state index in [0.29, 0.717) is 18.1 Å². The van der Waals surface area contributed by atoms with Crippen LogP contribution in [-0.2, 0) is 21.4 Å². The lowest BCUT2D eigenvalue weighted by Crippen LogP contribution is -2.51. The Morgan fingerprint density at radius 3 is 2.53 bits per heavy atom. The van der Waals surface area contributed by atoms with Gasteiger partial charge in [0.05, 0.1) is 12.1 Å². The van der Waals surface area contributed by atoms with Crippen LogP contribution in [0.5, 0.6) is 0 Å². The third kappa shape index (κ3) is 4.06. The monoisotopic (exact) mass is 463 g/mol. The molecule has 10 heteroatoms. The van der Waals surface area contributed by atoms with Gasteiger partial charge >= 0.3 is 0 Å². The largest absolute Gasteiger partial charge is 0.336 e. The Hall–Kier alpha value is -2.46. The van der Waals surface area contributed by atoms with Gasteiger partial charge in [-0.25, -0.2) is 8.42 Å². The highest BCUT2D eigenvalue weighted by Crippen LogP contribution is 2.33. The highest BCUT2D eigenvalue weighted by atomic mass is 35.5. The quantitative estimate of drug-likeness (QED) is 0.435. The topological polar surface area (TPSA) is 109 Å². The van der Waals surface area contributed by atoms with E-state index < -0.39 is 10.0 Å². The van der Waals surface area contributed by atoms with Crippen molar-refractivity contribution in [2.24, 2.45) is 5.73 Å². The van der Waals surface area contributed by atoms with Gasteiger partial charge in [-0.1, -0.05) is 29.8 Å². The number of sulfonamides is 1. The molecule has 30 heavy (non-hydrogen) atoms. The van der Waals surface area contributed by atoms with Crippen LogP contribution < -0.4 is 11.1 Å². The van der Waals surface area contributed by atoms with Crippen molar-refractivity contribution in [3.05, 3.63) is 64.7 Å². The normalized spacial score (nSPS) is 15.6. The second-order valence-electron chi connectivity index (χ2n) is 7.05. The second-order valence-corrected chi connectivity index (χ2v) is 10.7. The number of benzene rings is 2. The van der Waals surface area contributed by atoms with Crippen LogP contribution in [0.1, 0.15) is 11.1 Å². The zero-order valence-electron chi connectivity index (χ0n) is 15.9. The first kappa shape index (κ1) is 20.8. The Kier molecular flexibility index (Phi) is 5.54. The lowest BCUT2D eigenvalue weighted by atomic mass is 10.1. The van der Waals surface area contributed by atoms with Crippen LogP contribution in [0.3, 0.4) is 0 Å². The zero-order chi connectivity index (χ0) is 21.5. The fourth-order valence-corrected chi connectivity index (χ4v) is 6.53. The smallest absolute Gasteiger partial charge is 0.270 e. The van der Waals surface area contributed by atoms with Gasteiger partial charge in [-0.3, -0.25) is 15.9 Å². The number of carbonyl (C=O) groups excluding carboxylic acids is 1. The molecule has 0 saturated carbocycles. The molecule has 0 atom stereocenters. The summed E-state index contributed by atoms with van der Waals surface area (Å²) in [4.78, 5) is 14.3. The standard InChI is InChI=1S/C20H19ClN4O3S2/c21-16-6-5-15-9-19(29-17(15)10-16)30(27,28)25-8-7-24(18(26)12-25)11-13-1-3-14(4-2-13)20(22)23/h1-6,9-10H,7-8,11-12H2,(H3,22,23)/p+1. The van der Waals surface area contributed by atoms with Crippen LogP contribution in [0.2, 0.25) is 5.02 Å². The van der Waals surface area contributed by atoms with Gasteiger partial charge in [0.1, 0.15) is 4.21 Å². The molecule has 1 aromatic heterocycles. The summed E-state index contributed by atoms with van der Waals surface area (Å²) >= 11 is 7.16. The first-order valence-electron chi connectivity index (χ1n) is 9.18. The summed E-state index contributed by atoms with van der Waals surface area (Å²) < 4.78 is 28.4. The molecule has 4 N–H and O–H groups in total. The van der Waals surface area contributed by atoms with E-state index in [1.54, 1.807) is 41.3 Å². The Labute approximate surface area is 183 Å². The average Bonchev–Trinajstić information content (AvgIpc) is 3.14. The summed E-state index contributed by atoms with van der Waals surface area (Å²) in [6.45, 7) is 0.782. The maximum atomic E-state index is 13.1. The lowest BCUT2D eigenvalue weighted by Gasteiger charge is -2.33. The van der Waals surface area contributed by atoms with Crippen molar-refractivity contribution in [1.29, 1.82) is 0 Å². The number of fused-ring (bicyclic) bond motifs is 1. The van der Waals surface area contributed by atoms with Gasteiger partial charge in [0.15, 0.2) is 0 Å². The van der Waals surface area contributed by atoms with Gasteiger partial charge < -0.3 is 4.90 Å². The van der Waals surface area contributed by atoms with Crippen molar-refractivity contribution in [3.63, 3.8) is 0 Å². The summed E-state index contributed by atoms with van der Waals surface area (Å²) in [6, 6.07) is 14.2. The molecule has 2 heterocycles. The van der Waals surface area contributed by atoms with E-state index in [4.69, 9.17) is 22.7 Å². The van der Waals surface area contributed by atoms with E-state index >= 15 is 0 Å². The maximum absolute atomic E-state index is 13.1. The molecule has 0 aliphatic carbocycles. The van der Waals surface area contributed by atoms with Gasteiger partial charge in [-0.2, -0.15) is 4.31 Å². The highest BCUT2D eigenvalue weighted by molar-refractivity contribution is 7.91. The van der Waals surface area contributed by atoms with Gasteiger partial charge in [-0.15, -0.1) is 11.3 Å². The summed E-state index contributed by atoms with van der Waals surface area (Å²) in [5.74, 6) is 0.00270. The van der Waals surface area contributed by atoms with Crippen molar-refractivity contribution < 1.29 is 18.6 Å². The molecule has 4 rings (SSSR count). The molecule has 1 aliphatic heterocycles. The van der Waals surface area contributed by atoms with Gasteiger partial charge in [0.2, 0.25) is 5.91 Å². The number of amides is 1. The fourth-order valence-electron chi connectivity index (χ4n) is 3.32. The molecule has 0 spiro atoms. The molecular formula is C20H20ClN4O3S2+. The van der Waals surface area contributed by atoms with Crippen LogP contribution in [-0.4, -0.2) is 49.0 Å². The number of hydrogen-bond donors (Lipinski definition) is 2. The predicted octanol–water partition coefficient (Wildman–Crippen LogP) is 1.05. The van der Waals surface area contributed by atoms with Crippen molar-refractivity contribution in [2.75, 3.05) is 19.6 Å². The number of nitrogens with two attached hydrogens (primary N) is 2. The number of halogens is 1. The van der Waals surface area contributed by atoms with E-state index in [-0.39, 0.29) is 29.0 Å². The number of carbonyl (C=O) groups is 1. The van der Waals surface area contributed by atoms with Gasteiger partial charge in [-0.05, 0) is 41.3 Å². The van der Waals surface area contributed by atoms with E-state index in [2.05, 4.69) is 0 Å². The van der Waals surface area contributed by atoms with Gasteiger partial charge in [0.25, 0.3) is 15.9 Å². The van der Waals surface area contributed by atoms with Gasteiger partial charge in [0, 0.05) is 29.4 Å². The third-order valence-corrected chi connectivity index (χ3v) is 8.63. The van der Waals surface area contributed by atoms with E-state index in [1.807, 2.05) is 12.1 Å². The third-order valence-electron chi connectivity index (χ3n) is 5.00. The first-order valence-corrected chi connectivity index (χ1v) is 11.8. The molecule has 156 valence electrons. The lowest BCUT2D eigenvalue weighted by molar-refractivity contribution is -0.134. The fraction of sp³-hybridized carbons (Fsp3) is 0.200. The maximum Gasteiger partial charge on any atom is 0.270 e. The molecule has 7 nitrogen and oxygen atoms in total. The zero-order valence-corrected chi connectivity index (χ0v) is 18.3. The van der Waals surface area contributed by atoms with E-state index in [0.717, 1.165) is 32.5 Å². The molecule has 1 fully saturated rings. The minimum Gasteiger partial charge on any atom is -0.336 e. The first-order chi connectivity index (χ1) is 14.2. The Balaban J connectivity index is 1.47. The van der Waals surface area contributed by atoms with Crippen molar-refractivity contribution in [1.82, 2.24) is 9.21 Å². The minimum atomic E-state index is -3.75. The van der Waals surface area contributed by atoms with Crippen molar-refractivity contribution in [3.8, 4) is 0 Å².